The van der Waals surface area contributed by atoms with Crippen molar-refractivity contribution in [2.75, 3.05) is 18.1 Å². The van der Waals surface area contributed by atoms with E-state index in [9.17, 15) is 4.79 Å². The molecule has 2 heterocycles. The second kappa shape index (κ2) is 9.11. The van der Waals surface area contributed by atoms with Crippen molar-refractivity contribution < 1.29 is 19.4 Å². The number of ether oxygens (including phenoxy) is 2. The molecule has 0 saturated heterocycles. The summed E-state index contributed by atoms with van der Waals surface area (Å²) in [5.41, 5.74) is 2.62. The molecule has 0 spiro atoms. The maximum atomic E-state index is 11.0. The van der Waals surface area contributed by atoms with Crippen LogP contribution < -0.4 is 14.4 Å². The first-order chi connectivity index (χ1) is 14.9. The van der Waals surface area contributed by atoms with Gasteiger partial charge in [-0.05, 0) is 50.1 Å². The molecule has 1 aromatic heterocycles. The van der Waals surface area contributed by atoms with Gasteiger partial charge in [-0.1, -0.05) is 35.1 Å². The SMILES string of the molecule is CC(C)Oc1ccc(-c2nnc(N3CCOc4c(CCC(=O)O)cccc43)s2)cc1Cl. The highest BCUT2D eigenvalue weighted by molar-refractivity contribution is 7.18. The number of carbonyl (C=O) groups is 1. The summed E-state index contributed by atoms with van der Waals surface area (Å²) in [4.78, 5) is 13.0. The fraction of sp³-hybridized carbons (Fsp3) is 0.318. The van der Waals surface area contributed by atoms with Crippen LogP contribution in [0.4, 0.5) is 10.8 Å². The number of carboxylic acids is 1. The molecule has 0 unspecified atom stereocenters. The highest BCUT2D eigenvalue weighted by Crippen LogP contribution is 2.42. The Balaban J connectivity index is 1.60. The zero-order valence-electron chi connectivity index (χ0n) is 17.2. The molecule has 3 aromatic rings. The van der Waals surface area contributed by atoms with Crippen molar-refractivity contribution in [1.82, 2.24) is 10.2 Å². The molecule has 1 aliphatic heterocycles. The van der Waals surface area contributed by atoms with Gasteiger partial charge in [-0.2, -0.15) is 0 Å². The van der Waals surface area contributed by atoms with Gasteiger partial charge in [0.2, 0.25) is 5.13 Å². The molecule has 0 bridgehead atoms. The predicted molar refractivity (Wildman–Crippen MR) is 121 cm³/mol. The minimum Gasteiger partial charge on any atom is -0.489 e. The number of aromatic nitrogens is 2. The molecular weight excluding hydrogens is 438 g/mol. The maximum Gasteiger partial charge on any atom is 0.303 e. The zero-order chi connectivity index (χ0) is 22.0. The standard InChI is InChI=1S/C22H22ClN3O4S/c1-13(2)30-18-8-6-15(12-16(18)23)21-24-25-22(31-21)26-10-11-29-20-14(7-9-19(27)28)4-3-5-17(20)26/h3-6,8,12-13H,7,9-11H2,1-2H3,(H,27,28). The van der Waals surface area contributed by atoms with Crippen molar-refractivity contribution in [1.29, 1.82) is 0 Å². The van der Waals surface area contributed by atoms with Crippen molar-refractivity contribution in [3.05, 3.63) is 47.0 Å². The Morgan fingerprint density at radius 1 is 1.32 bits per heavy atom. The van der Waals surface area contributed by atoms with Crippen LogP contribution in [0.5, 0.6) is 11.5 Å². The number of carboxylic acid groups (broad SMARTS) is 1. The Labute approximate surface area is 189 Å². The number of fused-ring (bicyclic) bond motifs is 1. The third-order valence-electron chi connectivity index (χ3n) is 4.72. The van der Waals surface area contributed by atoms with Crippen LogP contribution in [0.3, 0.4) is 0 Å². The lowest BCUT2D eigenvalue weighted by Gasteiger charge is -2.30. The van der Waals surface area contributed by atoms with Crippen LogP contribution in [0, 0.1) is 0 Å². The van der Waals surface area contributed by atoms with E-state index >= 15 is 0 Å². The number of benzene rings is 2. The minimum absolute atomic E-state index is 0.0401. The highest BCUT2D eigenvalue weighted by Gasteiger charge is 2.25. The second-order valence-electron chi connectivity index (χ2n) is 7.36. The van der Waals surface area contributed by atoms with Crippen LogP contribution in [-0.4, -0.2) is 40.5 Å². The summed E-state index contributed by atoms with van der Waals surface area (Å²) in [5, 5.41) is 19.8. The van der Waals surface area contributed by atoms with E-state index < -0.39 is 5.97 Å². The molecule has 0 radical (unpaired) electrons. The number of aliphatic carboxylic acids is 1. The fourth-order valence-corrected chi connectivity index (χ4v) is 4.48. The summed E-state index contributed by atoms with van der Waals surface area (Å²) >= 11 is 7.84. The van der Waals surface area contributed by atoms with Crippen molar-refractivity contribution >= 4 is 39.7 Å². The summed E-state index contributed by atoms with van der Waals surface area (Å²) in [6.45, 7) is 5.02. The lowest BCUT2D eigenvalue weighted by Crippen LogP contribution is -2.29. The molecular formula is C22H22ClN3O4S. The molecule has 9 heteroatoms. The van der Waals surface area contributed by atoms with E-state index in [4.69, 9.17) is 26.2 Å². The number of hydrogen-bond acceptors (Lipinski definition) is 7. The molecule has 1 aliphatic rings. The quantitative estimate of drug-likeness (QED) is 0.520. The summed E-state index contributed by atoms with van der Waals surface area (Å²) in [6.07, 6.45) is 0.509. The molecule has 0 atom stereocenters. The first kappa shape index (κ1) is 21.4. The highest BCUT2D eigenvalue weighted by atomic mass is 35.5. The van der Waals surface area contributed by atoms with Gasteiger partial charge in [0, 0.05) is 12.0 Å². The van der Waals surface area contributed by atoms with E-state index in [0.29, 0.717) is 36.1 Å². The Bertz CT molecular complexity index is 1100. The lowest BCUT2D eigenvalue weighted by molar-refractivity contribution is -0.136. The van der Waals surface area contributed by atoms with E-state index in [1.807, 2.05) is 50.2 Å². The molecule has 162 valence electrons. The molecule has 0 aliphatic carbocycles. The minimum atomic E-state index is -0.831. The topological polar surface area (TPSA) is 84.8 Å². The van der Waals surface area contributed by atoms with Crippen molar-refractivity contribution in [3.8, 4) is 22.1 Å². The summed E-state index contributed by atoms with van der Waals surface area (Å²) in [5.74, 6) is 0.522. The van der Waals surface area contributed by atoms with Crippen molar-refractivity contribution in [3.63, 3.8) is 0 Å². The average molecular weight is 460 g/mol. The van der Waals surface area contributed by atoms with Gasteiger partial charge < -0.3 is 19.5 Å². The predicted octanol–water partition coefficient (Wildman–Crippen LogP) is 5.19. The molecule has 2 aromatic carbocycles. The van der Waals surface area contributed by atoms with E-state index in [2.05, 4.69) is 15.1 Å². The van der Waals surface area contributed by atoms with Crippen molar-refractivity contribution in [2.24, 2.45) is 0 Å². The number of halogens is 1. The number of rotatable bonds is 7. The van der Waals surface area contributed by atoms with Gasteiger partial charge in [0.25, 0.3) is 0 Å². The largest absolute Gasteiger partial charge is 0.489 e. The molecule has 1 N–H and O–H groups in total. The van der Waals surface area contributed by atoms with Crippen LogP contribution in [0.1, 0.15) is 25.8 Å². The normalized spacial score (nSPS) is 13.1. The smallest absolute Gasteiger partial charge is 0.303 e. The lowest BCUT2D eigenvalue weighted by atomic mass is 10.1. The van der Waals surface area contributed by atoms with Crippen molar-refractivity contribution in [2.45, 2.75) is 32.8 Å². The molecule has 4 rings (SSSR count). The van der Waals surface area contributed by atoms with Crippen LogP contribution >= 0.6 is 22.9 Å². The zero-order valence-corrected chi connectivity index (χ0v) is 18.7. The van der Waals surface area contributed by atoms with Gasteiger partial charge in [-0.15, -0.1) is 10.2 Å². The second-order valence-corrected chi connectivity index (χ2v) is 8.72. The number of nitrogens with zero attached hydrogens (tertiary/aromatic N) is 3. The molecule has 7 nitrogen and oxygen atoms in total. The fourth-order valence-electron chi connectivity index (χ4n) is 3.37. The van der Waals surface area contributed by atoms with E-state index in [1.54, 1.807) is 0 Å². The number of aryl methyl sites for hydroxylation is 1. The van der Waals surface area contributed by atoms with Crippen LogP contribution in [0.25, 0.3) is 10.6 Å². The van der Waals surface area contributed by atoms with Gasteiger partial charge in [-0.25, -0.2) is 0 Å². The molecule has 31 heavy (non-hydrogen) atoms. The Kier molecular flexibility index (Phi) is 6.29. The van der Waals surface area contributed by atoms with E-state index in [1.165, 1.54) is 11.3 Å². The first-order valence-electron chi connectivity index (χ1n) is 9.96. The summed E-state index contributed by atoms with van der Waals surface area (Å²) < 4.78 is 11.6. The third kappa shape index (κ3) is 4.75. The van der Waals surface area contributed by atoms with E-state index in [-0.39, 0.29) is 12.5 Å². The monoisotopic (exact) mass is 459 g/mol. The van der Waals surface area contributed by atoms with Gasteiger partial charge in [-0.3, -0.25) is 4.79 Å². The molecule has 0 saturated carbocycles. The van der Waals surface area contributed by atoms with Gasteiger partial charge in [0.15, 0.2) is 0 Å². The summed E-state index contributed by atoms with van der Waals surface area (Å²) in [7, 11) is 0. The molecule has 0 fully saturated rings. The Morgan fingerprint density at radius 3 is 2.90 bits per heavy atom. The average Bonchev–Trinajstić information content (AvgIpc) is 3.23. The van der Waals surface area contributed by atoms with Gasteiger partial charge in [0.1, 0.15) is 23.1 Å². The van der Waals surface area contributed by atoms with Gasteiger partial charge >= 0.3 is 5.97 Å². The van der Waals surface area contributed by atoms with Crippen LogP contribution in [-0.2, 0) is 11.2 Å². The van der Waals surface area contributed by atoms with Crippen LogP contribution in [0.15, 0.2) is 36.4 Å². The number of anilines is 2. The van der Waals surface area contributed by atoms with E-state index in [0.717, 1.165) is 27.0 Å². The maximum absolute atomic E-state index is 11.0. The summed E-state index contributed by atoms with van der Waals surface area (Å²) in [6, 6.07) is 11.4. The van der Waals surface area contributed by atoms with Crippen LogP contribution in [0.2, 0.25) is 5.02 Å². The molecule has 0 amide bonds. The first-order valence-corrected chi connectivity index (χ1v) is 11.2. The Hall–Kier alpha value is -2.84. The third-order valence-corrected chi connectivity index (χ3v) is 6.01. The van der Waals surface area contributed by atoms with Gasteiger partial charge in [0.05, 0.1) is 23.4 Å². The Morgan fingerprint density at radius 2 is 2.16 bits per heavy atom. The number of para-hydroxylation sites is 1. The number of hydrogen-bond donors (Lipinski definition) is 1.